The molecule has 0 bridgehead atoms. The zero-order valence-corrected chi connectivity index (χ0v) is 13.0. The van der Waals surface area contributed by atoms with Crippen molar-refractivity contribution in [2.45, 2.75) is 0 Å². The summed E-state index contributed by atoms with van der Waals surface area (Å²) in [5.74, 6) is -2.75. The van der Waals surface area contributed by atoms with E-state index in [1.54, 1.807) is 0 Å². The molecule has 0 aromatic heterocycles. The summed E-state index contributed by atoms with van der Waals surface area (Å²) < 4.78 is 31.6. The Kier molecular flexibility index (Phi) is 9.68. The molecule has 0 saturated carbocycles. The van der Waals surface area contributed by atoms with Crippen LogP contribution in [0.4, 0.5) is 0 Å². The van der Waals surface area contributed by atoms with E-state index in [1.165, 1.54) is 24.3 Å². The normalized spacial score (nSPS) is 9.44. The van der Waals surface area contributed by atoms with E-state index < -0.39 is 22.3 Å². The Balaban J connectivity index is 0. The Hall–Kier alpha value is -0.334. The van der Waals surface area contributed by atoms with Crippen molar-refractivity contribution in [3.63, 3.8) is 0 Å². The molecule has 0 heterocycles. The second kappa shape index (κ2) is 8.71. The minimum atomic E-state index is -4.67. The monoisotopic (exact) mass is 302 g/mol. The third-order valence-electron chi connectivity index (χ3n) is 1.38. The van der Waals surface area contributed by atoms with Crippen LogP contribution < -0.4 is 56.5 Å². The Morgan fingerprint density at radius 1 is 1.06 bits per heavy atom. The predicted molar refractivity (Wildman–Crippen MR) is 51.9 cm³/mol. The van der Waals surface area contributed by atoms with E-state index in [2.05, 4.69) is 0 Å². The molecule has 0 aliphatic heterocycles. The van der Waals surface area contributed by atoms with E-state index in [0.29, 0.717) is 0 Å². The van der Waals surface area contributed by atoms with Crippen molar-refractivity contribution in [2.24, 2.45) is 0 Å². The van der Waals surface area contributed by atoms with Crippen molar-refractivity contribution < 1.29 is 88.7 Å². The topological polar surface area (TPSA) is 152 Å². The Bertz CT molecular complexity index is 483. The van der Waals surface area contributed by atoms with Gasteiger partial charge in [0.05, 0.1) is 11.5 Å². The fourth-order valence-corrected chi connectivity index (χ4v) is 0.848. The first kappa shape index (κ1) is 20.0. The van der Waals surface area contributed by atoms with Crippen LogP contribution in [-0.4, -0.2) is 34.6 Å². The van der Waals surface area contributed by atoms with E-state index in [-0.39, 0.29) is 62.5 Å². The molecular formula is C8H7KO8S. The molecule has 0 atom stereocenters. The maximum absolute atomic E-state index is 10.4. The zero-order valence-electron chi connectivity index (χ0n) is 9.10. The maximum atomic E-state index is 10.4. The summed E-state index contributed by atoms with van der Waals surface area (Å²) in [6.07, 6.45) is 0. The first-order chi connectivity index (χ1) is 7.63. The van der Waals surface area contributed by atoms with Gasteiger partial charge in [0.15, 0.2) is 0 Å². The molecule has 1 aromatic rings. The fourth-order valence-electron chi connectivity index (χ4n) is 0.848. The summed E-state index contributed by atoms with van der Waals surface area (Å²) in [7, 11) is -4.67. The number of carbonyl (C=O) groups excluding carboxylic acids is 1. The molecule has 10 heteroatoms. The van der Waals surface area contributed by atoms with E-state index >= 15 is 0 Å². The number of carboxylic acid groups (broad SMARTS) is 2. The Morgan fingerprint density at radius 3 is 1.61 bits per heavy atom. The van der Waals surface area contributed by atoms with E-state index in [4.69, 9.17) is 22.6 Å². The Labute approximate surface area is 145 Å². The van der Waals surface area contributed by atoms with Crippen LogP contribution in [0.5, 0.6) is 0 Å². The van der Waals surface area contributed by atoms with Gasteiger partial charge >= 0.3 is 67.8 Å². The van der Waals surface area contributed by atoms with Crippen LogP contribution in [-0.2, 0) is 10.4 Å². The van der Waals surface area contributed by atoms with Crippen LogP contribution in [0.2, 0.25) is 0 Å². The molecule has 0 spiro atoms. The second-order valence-electron chi connectivity index (χ2n) is 2.59. The van der Waals surface area contributed by atoms with Gasteiger partial charge in [0.25, 0.3) is 0 Å². The van der Waals surface area contributed by atoms with Crippen molar-refractivity contribution >= 4 is 22.3 Å². The van der Waals surface area contributed by atoms with Gasteiger partial charge in [-0.2, -0.15) is 8.42 Å². The van der Waals surface area contributed by atoms with Crippen LogP contribution in [0.3, 0.4) is 0 Å². The van der Waals surface area contributed by atoms with Crippen molar-refractivity contribution in [3.8, 4) is 0 Å². The number of benzene rings is 1. The largest absolute Gasteiger partial charge is 1.00 e. The van der Waals surface area contributed by atoms with Crippen molar-refractivity contribution in [2.75, 3.05) is 0 Å². The predicted octanol–water partition coefficient (Wildman–Crippen LogP) is -3.90. The molecule has 0 fully saturated rings. The van der Waals surface area contributed by atoms with Crippen molar-refractivity contribution in [3.05, 3.63) is 35.4 Å². The molecule has 0 saturated heterocycles. The molecule has 0 amide bonds. The SMILES string of the molecule is O=C([O-])c1ccccc1C(=O)O.O=S(=O)(O)O.[K+]. The standard InChI is InChI=1S/C8H6O4.K.H2O4S/c9-7(10)5-3-1-2-4-6(5)8(11)12;;1-5(2,3)4/h1-4H,(H,9,10)(H,11,12);;(H2,1,2,3,4)/q;+1;/p-1. The van der Waals surface area contributed by atoms with Crippen LogP contribution >= 0.6 is 0 Å². The summed E-state index contributed by atoms with van der Waals surface area (Å²) in [6.45, 7) is 0. The van der Waals surface area contributed by atoms with Crippen LogP contribution in [0.15, 0.2) is 24.3 Å². The number of carboxylic acids is 2. The van der Waals surface area contributed by atoms with E-state index in [1.807, 2.05) is 0 Å². The van der Waals surface area contributed by atoms with Crippen molar-refractivity contribution in [1.82, 2.24) is 0 Å². The molecule has 18 heavy (non-hydrogen) atoms. The zero-order chi connectivity index (χ0) is 13.6. The first-order valence-electron chi connectivity index (χ1n) is 3.86. The molecule has 0 aliphatic rings. The van der Waals surface area contributed by atoms with Gasteiger partial charge in [-0.15, -0.1) is 0 Å². The quantitative estimate of drug-likeness (QED) is 0.370. The van der Waals surface area contributed by atoms with Crippen molar-refractivity contribution in [1.29, 1.82) is 0 Å². The van der Waals surface area contributed by atoms with E-state index in [0.717, 1.165) is 0 Å². The van der Waals surface area contributed by atoms with Gasteiger partial charge in [-0.3, -0.25) is 9.11 Å². The number of rotatable bonds is 2. The number of carbonyl (C=O) groups is 2. The van der Waals surface area contributed by atoms with Gasteiger partial charge in [-0.05, 0) is 6.07 Å². The summed E-state index contributed by atoms with van der Waals surface area (Å²) in [4.78, 5) is 20.8. The summed E-state index contributed by atoms with van der Waals surface area (Å²) in [5, 5.41) is 18.9. The Morgan fingerprint density at radius 2 is 1.39 bits per heavy atom. The number of aromatic carboxylic acids is 2. The second-order valence-corrected chi connectivity index (χ2v) is 3.48. The third-order valence-corrected chi connectivity index (χ3v) is 1.38. The van der Waals surface area contributed by atoms with E-state index in [9.17, 15) is 14.7 Å². The summed E-state index contributed by atoms with van der Waals surface area (Å²) >= 11 is 0. The molecule has 94 valence electrons. The van der Waals surface area contributed by atoms with Gasteiger partial charge < -0.3 is 15.0 Å². The molecule has 0 radical (unpaired) electrons. The third kappa shape index (κ3) is 9.67. The fraction of sp³-hybridized carbons (Fsp3) is 0. The summed E-state index contributed by atoms with van der Waals surface area (Å²) in [6, 6.07) is 5.31. The minimum absolute atomic E-state index is 0. The molecular weight excluding hydrogens is 295 g/mol. The summed E-state index contributed by atoms with van der Waals surface area (Å²) in [5.41, 5.74) is -0.553. The van der Waals surface area contributed by atoms with Gasteiger partial charge in [-0.25, -0.2) is 4.79 Å². The smallest absolute Gasteiger partial charge is 0.545 e. The van der Waals surface area contributed by atoms with Crippen LogP contribution in [0.1, 0.15) is 20.7 Å². The molecule has 1 rings (SSSR count). The maximum Gasteiger partial charge on any atom is 1.00 e. The van der Waals surface area contributed by atoms with Gasteiger partial charge in [-0.1, -0.05) is 18.2 Å². The molecule has 0 unspecified atom stereocenters. The molecule has 3 N–H and O–H groups in total. The van der Waals surface area contributed by atoms with Gasteiger partial charge in [0.2, 0.25) is 0 Å². The average molecular weight is 302 g/mol. The number of hydrogen-bond acceptors (Lipinski definition) is 5. The van der Waals surface area contributed by atoms with Gasteiger partial charge in [0, 0.05) is 5.56 Å². The first-order valence-corrected chi connectivity index (χ1v) is 5.26. The molecule has 8 nitrogen and oxygen atoms in total. The molecule has 0 aliphatic carbocycles. The minimum Gasteiger partial charge on any atom is -0.545 e. The number of hydrogen-bond donors (Lipinski definition) is 3. The van der Waals surface area contributed by atoms with Gasteiger partial charge in [0.1, 0.15) is 0 Å². The molecule has 1 aromatic carbocycles. The van der Waals surface area contributed by atoms with Crippen LogP contribution in [0, 0.1) is 0 Å². The average Bonchev–Trinajstić information content (AvgIpc) is 2.15. The van der Waals surface area contributed by atoms with Crippen LogP contribution in [0.25, 0.3) is 0 Å².